The van der Waals surface area contributed by atoms with E-state index in [2.05, 4.69) is 5.32 Å². The summed E-state index contributed by atoms with van der Waals surface area (Å²) in [6.45, 7) is -0.237. The molecule has 0 saturated carbocycles. The molecule has 1 rings (SSSR count). The van der Waals surface area contributed by atoms with Gasteiger partial charge in [0.1, 0.15) is 6.10 Å². The van der Waals surface area contributed by atoms with Crippen molar-refractivity contribution in [1.82, 2.24) is 5.32 Å². The molecular formula is C12H14F2N2O. The molecule has 0 saturated heterocycles. The van der Waals surface area contributed by atoms with Gasteiger partial charge in [0.15, 0.2) is 0 Å². The average Bonchev–Trinajstić information content (AvgIpc) is 2.35. The van der Waals surface area contributed by atoms with Crippen LogP contribution in [-0.2, 0) is 0 Å². The third-order valence-corrected chi connectivity index (χ3v) is 2.36. The van der Waals surface area contributed by atoms with Crippen molar-refractivity contribution in [3.63, 3.8) is 0 Å². The third-order valence-electron chi connectivity index (χ3n) is 2.36. The van der Waals surface area contributed by atoms with E-state index in [0.29, 0.717) is 0 Å². The van der Waals surface area contributed by atoms with Gasteiger partial charge >= 0.3 is 0 Å². The van der Waals surface area contributed by atoms with Crippen LogP contribution in [0.2, 0.25) is 0 Å². The summed E-state index contributed by atoms with van der Waals surface area (Å²) < 4.78 is 24.2. The molecule has 0 spiro atoms. The summed E-state index contributed by atoms with van der Waals surface area (Å²) in [6, 6.07) is 10.7. The van der Waals surface area contributed by atoms with E-state index in [9.17, 15) is 8.78 Å². The zero-order valence-electron chi connectivity index (χ0n) is 9.18. The summed E-state index contributed by atoms with van der Waals surface area (Å²) in [4.78, 5) is 0. The lowest BCUT2D eigenvalue weighted by Gasteiger charge is -2.18. The zero-order chi connectivity index (χ0) is 12.7. The van der Waals surface area contributed by atoms with Gasteiger partial charge in [-0.3, -0.25) is 0 Å². The molecule has 0 aromatic heterocycles. The van der Waals surface area contributed by atoms with Gasteiger partial charge in [0.2, 0.25) is 0 Å². The second-order valence-corrected chi connectivity index (χ2v) is 3.64. The number of hydrogen-bond acceptors (Lipinski definition) is 3. The molecule has 1 aromatic rings. The number of nitriles is 1. The quantitative estimate of drug-likeness (QED) is 0.798. The van der Waals surface area contributed by atoms with Crippen molar-refractivity contribution in [3.05, 3.63) is 35.9 Å². The van der Waals surface area contributed by atoms with Crippen LogP contribution in [0.3, 0.4) is 0 Å². The lowest BCUT2D eigenvalue weighted by atomic mass is 10.0. The predicted octanol–water partition coefficient (Wildman–Crippen LogP) is 1.86. The highest BCUT2D eigenvalue weighted by Gasteiger charge is 2.19. The molecule has 92 valence electrons. The molecule has 0 heterocycles. The minimum Gasteiger partial charge on any atom is -0.386 e. The number of hydrogen-bond donors (Lipinski definition) is 2. The monoisotopic (exact) mass is 240 g/mol. The molecule has 17 heavy (non-hydrogen) atoms. The van der Waals surface area contributed by atoms with Crippen molar-refractivity contribution >= 4 is 0 Å². The maximum Gasteiger partial charge on any atom is 0.265 e. The molecule has 2 unspecified atom stereocenters. The Morgan fingerprint density at radius 2 is 1.94 bits per heavy atom. The van der Waals surface area contributed by atoms with Gasteiger partial charge in [0, 0.05) is 12.6 Å². The Bertz CT molecular complexity index is 365. The number of benzene rings is 1. The predicted molar refractivity (Wildman–Crippen MR) is 59.4 cm³/mol. The van der Waals surface area contributed by atoms with Crippen LogP contribution in [0.4, 0.5) is 8.78 Å². The number of aliphatic hydroxyl groups is 1. The highest BCUT2D eigenvalue weighted by Crippen LogP contribution is 2.16. The van der Waals surface area contributed by atoms with E-state index in [1.807, 2.05) is 36.4 Å². The Morgan fingerprint density at radius 1 is 1.29 bits per heavy atom. The molecule has 0 aliphatic carbocycles. The van der Waals surface area contributed by atoms with Crippen LogP contribution in [0, 0.1) is 11.3 Å². The first-order valence-corrected chi connectivity index (χ1v) is 5.26. The Morgan fingerprint density at radius 3 is 2.47 bits per heavy atom. The average molecular weight is 240 g/mol. The van der Waals surface area contributed by atoms with Crippen molar-refractivity contribution in [1.29, 1.82) is 5.26 Å². The first-order chi connectivity index (χ1) is 8.15. The summed E-state index contributed by atoms with van der Waals surface area (Å²) >= 11 is 0. The fraction of sp³-hybridized carbons (Fsp3) is 0.417. The largest absolute Gasteiger partial charge is 0.386 e. The van der Waals surface area contributed by atoms with E-state index in [1.54, 1.807) is 0 Å². The number of aliphatic hydroxyl groups excluding tert-OH is 1. The fourth-order valence-electron chi connectivity index (χ4n) is 1.44. The van der Waals surface area contributed by atoms with Crippen molar-refractivity contribution in [2.75, 3.05) is 6.54 Å². The van der Waals surface area contributed by atoms with Gasteiger partial charge in [0.05, 0.1) is 12.5 Å². The molecule has 0 fully saturated rings. The maximum absolute atomic E-state index is 12.1. The van der Waals surface area contributed by atoms with E-state index < -0.39 is 12.5 Å². The number of halogens is 2. The van der Waals surface area contributed by atoms with Crippen molar-refractivity contribution in [2.24, 2.45) is 0 Å². The van der Waals surface area contributed by atoms with E-state index in [1.165, 1.54) is 0 Å². The normalized spacial score (nSPS) is 14.3. The number of nitrogens with zero attached hydrogens (tertiary/aromatic N) is 1. The van der Waals surface area contributed by atoms with Crippen LogP contribution in [0.15, 0.2) is 30.3 Å². The first-order valence-electron chi connectivity index (χ1n) is 5.26. The Kier molecular flexibility index (Phi) is 5.53. The molecule has 2 atom stereocenters. The standard InChI is InChI=1S/C12H14F2N2O/c13-12(14)11(17)8-16-10(6-7-15)9-4-2-1-3-5-9/h1-5,10-12,16-17H,6,8H2. The first kappa shape index (κ1) is 13.6. The van der Waals surface area contributed by atoms with Gasteiger partial charge in [-0.15, -0.1) is 0 Å². The molecule has 3 nitrogen and oxygen atoms in total. The summed E-state index contributed by atoms with van der Waals surface area (Å²) in [5.41, 5.74) is 0.843. The molecule has 2 N–H and O–H groups in total. The molecule has 0 amide bonds. The zero-order valence-corrected chi connectivity index (χ0v) is 9.18. The molecule has 0 aliphatic rings. The van der Waals surface area contributed by atoms with Gasteiger partial charge in [0.25, 0.3) is 6.43 Å². The topological polar surface area (TPSA) is 56.0 Å². The van der Waals surface area contributed by atoms with Crippen LogP contribution >= 0.6 is 0 Å². The SMILES string of the molecule is N#CCC(NCC(O)C(F)F)c1ccccc1. The lowest BCUT2D eigenvalue weighted by Crippen LogP contribution is -2.34. The maximum atomic E-state index is 12.1. The lowest BCUT2D eigenvalue weighted by molar-refractivity contribution is -0.00459. The van der Waals surface area contributed by atoms with Gasteiger partial charge in [-0.2, -0.15) is 5.26 Å². The number of nitrogens with one attached hydrogen (secondary N) is 1. The minimum atomic E-state index is -2.78. The Balaban J connectivity index is 2.59. The Hall–Kier alpha value is -1.51. The highest BCUT2D eigenvalue weighted by molar-refractivity contribution is 5.19. The molecular weight excluding hydrogens is 226 g/mol. The smallest absolute Gasteiger partial charge is 0.265 e. The second-order valence-electron chi connectivity index (χ2n) is 3.64. The summed E-state index contributed by atoms with van der Waals surface area (Å²) in [7, 11) is 0. The Labute approximate surface area is 98.7 Å². The third kappa shape index (κ3) is 4.47. The van der Waals surface area contributed by atoms with Gasteiger partial charge in [-0.25, -0.2) is 8.78 Å². The molecule has 1 aromatic carbocycles. The van der Waals surface area contributed by atoms with Crippen LogP contribution in [-0.4, -0.2) is 24.2 Å². The van der Waals surface area contributed by atoms with Crippen LogP contribution in [0.25, 0.3) is 0 Å². The van der Waals surface area contributed by atoms with E-state index in [-0.39, 0.29) is 19.0 Å². The van der Waals surface area contributed by atoms with Crippen LogP contribution in [0.1, 0.15) is 18.0 Å². The molecule has 5 heteroatoms. The van der Waals surface area contributed by atoms with Crippen molar-refractivity contribution in [3.8, 4) is 6.07 Å². The fourth-order valence-corrected chi connectivity index (χ4v) is 1.44. The van der Waals surface area contributed by atoms with Crippen molar-refractivity contribution in [2.45, 2.75) is 25.0 Å². The molecule has 0 aliphatic heterocycles. The van der Waals surface area contributed by atoms with Gasteiger partial charge < -0.3 is 10.4 Å². The minimum absolute atomic E-state index is 0.167. The number of alkyl halides is 2. The summed E-state index contributed by atoms with van der Waals surface area (Å²) in [5.74, 6) is 0. The van der Waals surface area contributed by atoms with E-state index in [0.717, 1.165) is 5.56 Å². The number of rotatable bonds is 6. The van der Waals surface area contributed by atoms with E-state index in [4.69, 9.17) is 10.4 Å². The summed E-state index contributed by atoms with van der Waals surface area (Å²) in [6.07, 6.45) is -4.32. The molecule has 0 bridgehead atoms. The van der Waals surface area contributed by atoms with Gasteiger partial charge in [-0.05, 0) is 5.56 Å². The second kappa shape index (κ2) is 6.94. The molecule has 0 radical (unpaired) electrons. The highest BCUT2D eigenvalue weighted by atomic mass is 19.3. The van der Waals surface area contributed by atoms with E-state index >= 15 is 0 Å². The van der Waals surface area contributed by atoms with Crippen molar-refractivity contribution < 1.29 is 13.9 Å². The van der Waals surface area contributed by atoms with Crippen LogP contribution in [0.5, 0.6) is 0 Å². The van der Waals surface area contributed by atoms with Gasteiger partial charge in [-0.1, -0.05) is 30.3 Å². The van der Waals surface area contributed by atoms with Crippen LogP contribution < -0.4 is 5.32 Å². The summed E-state index contributed by atoms with van der Waals surface area (Å²) in [5, 5.41) is 20.4.